The first-order valence-corrected chi connectivity index (χ1v) is 14.7. The highest BCUT2D eigenvalue weighted by Crippen LogP contribution is 2.37. The van der Waals surface area contributed by atoms with Gasteiger partial charge in [-0.15, -0.1) is 11.8 Å². The molecular formula is C34H32N4O5S. The third kappa shape index (κ3) is 6.40. The van der Waals surface area contributed by atoms with Gasteiger partial charge in [-0.1, -0.05) is 48.5 Å². The molecule has 1 unspecified atom stereocenters. The molecule has 1 atom stereocenters. The standard InChI is InChI=1S/C34H32N4O5S/c1-22-30(34(41)38(37(22)2)26-13-9-6-10-14-26)36-33(40)31(23-11-7-5-8-12-23)44-27-18-16-25(17-19-27)35-32(39)24-15-20-28(42-3)29(21-24)43-4/h5-21,31H,1-4H3,(H,35,39)(H,36,40). The van der Waals surface area contributed by atoms with E-state index in [0.717, 1.165) is 10.5 Å². The van der Waals surface area contributed by atoms with Gasteiger partial charge in [0.2, 0.25) is 5.91 Å². The third-order valence-electron chi connectivity index (χ3n) is 7.15. The number of carbonyl (C=O) groups is 2. The van der Waals surface area contributed by atoms with E-state index in [2.05, 4.69) is 10.6 Å². The average Bonchev–Trinajstić information content (AvgIpc) is 3.27. The fraction of sp³-hybridized carbons (Fsp3) is 0.147. The molecule has 0 radical (unpaired) electrons. The number of benzene rings is 4. The highest BCUT2D eigenvalue weighted by Gasteiger charge is 2.26. The molecule has 1 heterocycles. The van der Waals surface area contributed by atoms with Crippen molar-refractivity contribution in [1.82, 2.24) is 9.36 Å². The Hall–Kier alpha value is -5.22. The van der Waals surface area contributed by atoms with Crippen molar-refractivity contribution in [3.8, 4) is 17.2 Å². The zero-order chi connectivity index (χ0) is 31.2. The summed E-state index contributed by atoms with van der Waals surface area (Å²) in [6, 6.07) is 30.9. The number of ether oxygens (including phenoxy) is 2. The summed E-state index contributed by atoms with van der Waals surface area (Å²) >= 11 is 1.35. The van der Waals surface area contributed by atoms with Crippen molar-refractivity contribution in [3.05, 3.63) is 130 Å². The zero-order valence-electron chi connectivity index (χ0n) is 24.7. The first-order valence-electron chi connectivity index (χ1n) is 13.8. The Bertz CT molecular complexity index is 1830. The molecule has 4 aromatic carbocycles. The molecule has 5 rings (SSSR count). The molecule has 10 heteroatoms. The normalized spacial score (nSPS) is 11.5. The number of hydrogen-bond acceptors (Lipinski definition) is 6. The van der Waals surface area contributed by atoms with E-state index in [4.69, 9.17) is 9.47 Å². The predicted molar refractivity (Wildman–Crippen MR) is 173 cm³/mol. The van der Waals surface area contributed by atoms with Gasteiger partial charge < -0.3 is 20.1 Å². The molecule has 0 spiro atoms. The van der Waals surface area contributed by atoms with Crippen LogP contribution in [0.1, 0.15) is 26.9 Å². The first kappa shape index (κ1) is 30.2. The number of methoxy groups -OCH3 is 2. The van der Waals surface area contributed by atoms with Gasteiger partial charge in [-0.25, -0.2) is 4.68 Å². The van der Waals surface area contributed by atoms with Crippen LogP contribution in [-0.2, 0) is 11.8 Å². The minimum absolute atomic E-state index is 0.233. The van der Waals surface area contributed by atoms with E-state index < -0.39 is 5.25 Å². The average molecular weight is 609 g/mol. The minimum Gasteiger partial charge on any atom is -0.493 e. The van der Waals surface area contributed by atoms with Gasteiger partial charge >= 0.3 is 0 Å². The molecule has 0 aliphatic rings. The monoisotopic (exact) mass is 608 g/mol. The summed E-state index contributed by atoms with van der Waals surface area (Å²) in [5.74, 6) is 0.374. The van der Waals surface area contributed by atoms with E-state index in [0.29, 0.717) is 34.1 Å². The SMILES string of the molecule is COc1ccc(C(=O)Nc2ccc(SC(C(=O)Nc3c(C)n(C)n(-c4ccccc4)c3=O)c3ccccc3)cc2)cc1OC. The molecule has 0 saturated heterocycles. The summed E-state index contributed by atoms with van der Waals surface area (Å²) in [5.41, 5.74) is 3.07. The summed E-state index contributed by atoms with van der Waals surface area (Å²) in [6.07, 6.45) is 0. The molecule has 0 saturated carbocycles. The molecule has 44 heavy (non-hydrogen) atoms. The Labute approximate surface area is 259 Å². The van der Waals surface area contributed by atoms with Gasteiger partial charge in [-0.2, -0.15) is 0 Å². The maximum atomic E-state index is 13.8. The quantitative estimate of drug-likeness (QED) is 0.182. The molecule has 1 aromatic heterocycles. The van der Waals surface area contributed by atoms with Crippen LogP contribution in [0.5, 0.6) is 11.5 Å². The first-order chi connectivity index (χ1) is 21.3. The minimum atomic E-state index is -0.646. The van der Waals surface area contributed by atoms with Crippen LogP contribution in [0, 0.1) is 6.92 Å². The van der Waals surface area contributed by atoms with E-state index in [1.807, 2.05) is 72.8 Å². The van der Waals surface area contributed by atoms with Crippen LogP contribution in [0.4, 0.5) is 11.4 Å². The lowest BCUT2D eigenvalue weighted by molar-refractivity contribution is -0.115. The van der Waals surface area contributed by atoms with Crippen LogP contribution >= 0.6 is 11.8 Å². The molecule has 0 aliphatic heterocycles. The van der Waals surface area contributed by atoms with E-state index in [-0.39, 0.29) is 23.1 Å². The van der Waals surface area contributed by atoms with Crippen LogP contribution in [-0.4, -0.2) is 35.4 Å². The fourth-order valence-corrected chi connectivity index (χ4v) is 5.76. The molecule has 2 amide bonds. The highest BCUT2D eigenvalue weighted by molar-refractivity contribution is 8.00. The predicted octanol–water partition coefficient (Wildman–Crippen LogP) is 6.23. The largest absolute Gasteiger partial charge is 0.493 e. The van der Waals surface area contributed by atoms with Crippen molar-refractivity contribution in [2.45, 2.75) is 17.1 Å². The number of anilines is 2. The number of rotatable bonds is 10. The van der Waals surface area contributed by atoms with Crippen molar-refractivity contribution in [2.75, 3.05) is 24.9 Å². The summed E-state index contributed by atoms with van der Waals surface area (Å²) < 4.78 is 13.8. The third-order valence-corrected chi connectivity index (χ3v) is 8.42. The number of amides is 2. The van der Waals surface area contributed by atoms with Crippen LogP contribution in [0.3, 0.4) is 0 Å². The van der Waals surface area contributed by atoms with Crippen LogP contribution in [0.25, 0.3) is 5.69 Å². The zero-order valence-corrected chi connectivity index (χ0v) is 25.6. The van der Waals surface area contributed by atoms with Crippen LogP contribution in [0.2, 0.25) is 0 Å². The Balaban J connectivity index is 1.35. The Morgan fingerprint density at radius 3 is 2.07 bits per heavy atom. The number of aromatic nitrogens is 2. The fourth-order valence-electron chi connectivity index (χ4n) is 4.74. The van der Waals surface area contributed by atoms with Crippen molar-refractivity contribution >= 4 is 35.0 Å². The Morgan fingerprint density at radius 2 is 1.43 bits per heavy atom. The number of nitrogens with one attached hydrogen (secondary N) is 2. The van der Waals surface area contributed by atoms with Gasteiger partial charge in [0.25, 0.3) is 11.5 Å². The lowest BCUT2D eigenvalue weighted by Crippen LogP contribution is -2.25. The van der Waals surface area contributed by atoms with Gasteiger partial charge in [0.05, 0.1) is 25.6 Å². The Morgan fingerprint density at radius 1 is 0.795 bits per heavy atom. The summed E-state index contributed by atoms with van der Waals surface area (Å²) in [7, 11) is 4.84. The Kier molecular flexibility index (Phi) is 9.20. The molecule has 224 valence electrons. The molecule has 0 aliphatic carbocycles. The van der Waals surface area contributed by atoms with Crippen molar-refractivity contribution in [3.63, 3.8) is 0 Å². The number of nitrogens with zero attached hydrogens (tertiary/aromatic N) is 2. The van der Waals surface area contributed by atoms with Crippen molar-refractivity contribution in [2.24, 2.45) is 7.05 Å². The maximum absolute atomic E-state index is 13.8. The van der Waals surface area contributed by atoms with Gasteiger partial charge in [0.15, 0.2) is 11.5 Å². The smallest absolute Gasteiger partial charge is 0.295 e. The van der Waals surface area contributed by atoms with Crippen LogP contribution in [0.15, 0.2) is 113 Å². The molecule has 2 N–H and O–H groups in total. The molecule has 9 nitrogen and oxygen atoms in total. The number of para-hydroxylation sites is 1. The summed E-state index contributed by atoms with van der Waals surface area (Å²) in [6.45, 7) is 1.80. The van der Waals surface area contributed by atoms with Gasteiger partial charge in [0, 0.05) is 23.2 Å². The van der Waals surface area contributed by atoms with Crippen molar-refractivity contribution in [1.29, 1.82) is 0 Å². The van der Waals surface area contributed by atoms with Gasteiger partial charge in [-0.3, -0.25) is 19.1 Å². The molecule has 0 bridgehead atoms. The lowest BCUT2D eigenvalue weighted by Gasteiger charge is -2.17. The summed E-state index contributed by atoms with van der Waals surface area (Å²) in [5, 5.41) is 5.15. The second kappa shape index (κ2) is 13.4. The highest BCUT2D eigenvalue weighted by atomic mass is 32.2. The number of thioether (sulfide) groups is 1. The van der Waals surface area contributed by atoms with Crippen molar-refractivity contribution < 1.29 is 19.1 Å². The lowest BCUT2D eigenvalue weighted by atomic mass is 10.1. The molecule has 5 aromatic rings. The van der Waals surface area contributed by atoms with Crippen LogP contribution < -0.4 is 25.7 Å². The summed E-state index contributed by atoms with van der Waals surface area (Å²) in [4.78, 5) is 40.9. The number of hydrogen-bond donors (Lipinski definition) is 2. The van der Waals surface area contributed by atoms with Gasteiger partial charge in [0.1, 0.15) is 10.9 Å². The molecular weight excluding hydrogens is 576 g/mol. The molecule has 0 fully saturated rings. The van der Waals surface area contributed by atoms with E-state index in [1.54, 1.807) is 49.0 Å². The van der Waals surface area contributed by atoms with E-state index >= 15 is 0 Å². The van der Waals surface area contributed by atoms with Gasteiger partial charge in [-0.05, 0) is 67.1 Å². The van der Waals surface area contributed by atoms with E-state index in [9.17, 15) is 14.4 Å². The maximum Gasteiger partial charge on any atom is 0.295 e. The van der Waals surface area contributed by atoms with E-state index in [1.165, 1.54) is 30.7 Å². The second-order valence-electron chi connectivity index (χ2n) is 9.88. The number of carbonyl (C=O) groups excluding carboxylic acids is 2. The second-order valence-corrected chi connectivity index (χ2v) is 11.1. The topological polar surface area (TPSA) is 104 Å².